The van der Waals surface area contributed by atoms with Crippen LogP contribution in [0, 0.1) is 0 Å². The van der Waals surface area contributed by atoms with E-state index in [4.69, 9.17) is 4.99 Å². The van der Waals surface area contributed by atoms with Gasteiger partial charge in [-0.25, -0.2) is 4.99 Å². The molecule has 11 rings (SSSR count). The smallest absolute Gasteiger partial charge is 0.209 e. The number of aromatic nitrogens is 1. The third kappa shape index (κ3) is 3.58. The molecule has 1 atom stereocenters. The van der Waals surface area contributed by atoms with Crippen LogP contribution in [0.2, 0.25) is 0 Å². The summed E-state index contributed by atoms with van der Waals surface area (Å²) < 4.78 is 7.63. The Morgan fingerprint density at radius 1 is 0.532 bits per heavy atom. The molecular weight excluding hydrogens is 611 g/mol. The Morgan fingerprint density at radius 3 is 2.19 bits per heavy atom. The van der Waals surface area contributed by atoms with Gasteiger partial charge in [0.25, 0.3) is 0 Å². The van der Waals surface area contributed by atoms with Crippen molar-refractivity contribution in [1.29, 1.82) is 0 Å². The van der Waals surface area contributed by atoms with Crippen LogP contribution >= 0.6 is 22.7 Å². The SMILES string of the molecule is c1ccc2c(c1)N=C(n1c3ccccc3c3ccc4c5ccccc5sc4c31)NC2c1ccc2sc3c4ccccc4ccc3c2c1. The molecule has 220 valence electrons. The molecule has 4 heterocycles. The molecule has 1 N–H and O–H groups in total. The fourth-order valence-electron chi connectivity index (χ4n) is 7.72. The summed E-state index contributed by atoms with van der Waals surface area (Å²) >= 11 is 3.76. The molecule has 3 nitrogen and oxygen atoms in total. The molecule has 0 saturated heterocycles. The van der Waals surface area contributed by atoms with Crippen molar-refractivity contribution in [3.05, 3.63) is 151 Å². The van der Waals surface area contributed by atoms with Gasteiger partial charge in [-0.3, -0.25) is 4.57 Å². The summed E-state index contributed by atoms with van der Waals surface area (Å²) in [5.74, 6) is 0.853. The summed E-state index contributed by atoms with van der Waals surface area (Å²) in [7, 11) is 0. The Kier molecular flexibility index (Phi) is 5.20. The number of hydrogen-bond acceptors (Lipinski definition) is 4. The molecule has 3 aromatic heterocycles. The topological polar surface area (TPSA) is 29.3 Å². The predicted molar refractivity (Wildman–Crippen MR) is 203 cm³/mol. The van der Waals surface area contributed by atoms with E-state index in [-0.39, 0.29) is 6.04 Å². The predicted octanol–water partition coefficient (Wildman–Crippen LogP) is 11.9. The molecule has 0 bridgehead atoms. The van der Waals surface area contributed by atoms with Crippen molar-refractivity contribution in [3.8, 4) is 0 Å². The van der Waals surface area contributed by atoms with Gasteiger partial charge in [0.2, 0.25) is 5.96 Å². The van der Waals surface area contributed by atoms with Gasteiger partial charge in [-0.05, 0) is 46.7 Å². The summed E-state index contributed by atoms with van der Waals surface area (Å²) in [5.41, 5.74) is 5.79. The van der Waals surface area contributed by atoms with Crippen molar-refractivity contribution >= 4 is 107 Å². The molecular formula is C42H25N3S2. The minimum absolute atomic E-state index is 0.0590. The number of aliphatic imine (C=N–C) groups is 1. The molecule has 47 heavy (non-hydrogen) atoms. The zero-order valence-corrected chi connectivity index (χ0v) is 26.7. The first-order valence-electron chi connectivity index (χ1n) is 15.9. The maximum atomic E-state index is 5.34. The summed E-state index contributed by atoms with van der Waals surface area (Å²) in [6.45, 7) is 0. The van der Waals surface area contributed by atoms with Crippen LogP contribution in [0.15, 0.2) is 145 Å². The van der Waals surface area contributed by atoms with Crippen LogP contribution in [0.25, 0.3) is 72.9 Å². The number of para-hydroxylation sites is 2. The summed E-state index contributed by atoms with van der Waals surface area (Å²) in [6.07, 6.45) is 0. The Bertz CT molecular complexity index is 2960. The van der Waals surface area contributed by atoms with E-state index < -0.39 is 0 Å². The number of nitrogens with one attached hydrogen (secondary N) is 1. The number of benzene rings is 7. The number of thiophene rings is 2. The zero-order valence-electron chi connectivity index (χ0n) is 25.1. The van der Waals surface area contributed by atoms with Crippen LogP contribution in [-0.4, -0.2) is 10.5 Å². The fraction of sp³-hybridized carbons (Fsp3) is 0.0238. The zero-order chi connectivity index (χ0) is 30.6. The second kappa shape index (κ2) is 9.52. The van der Waals surface area contributed by atoms with Crippen LogP contribution in [0.1, 0.15) is 17.2 Å². The molecule has 1 aliphatic rings. The highest BCUT2D eigenvalue weighted by Crippen LogP contribution is 2.44. The second-order valence-corrected chi connectivity index (χ2v) is 14.5. The van der Waals surface area contributed by atoms with E-state index >= 15 is 0 Å². The van der Waals surface area contributed by atoms with E-state index in [0.717, 1.165) is 17.2 Å². The van der Waals surface area contributed by atoms with E-state index in [1.54, 1.807) is 0 Å². The van der Waals surface area contributed by atoms with Crippen LogP contribution < -0.4 is 5.32 Å². The minimum Gasteiger partial charge on any atom is -0.344 e. The van der Waals surface area contributed by atoms with Gasteiger partial charge in [0, 0.05) is 52.0 Å². The largest absolute Gasteiger partial charge is 0.344 e. The number of nitrogens with zero attached hydrogens (tertiary/aromatic N) is 2. The summed E-state index contributed by atoms with van der Waals surface area (Å²) in [5, 5.41) is 14.3. The highest BCUT2D eigenvalue weighted by molar-refractivity contribution is 7.27. The van der Waals surface area contributed by atoms with Gasteiger partial charge < -0.3 is 5.32 Å². The highest BCUT2D eigenvalue weighted by Gasteiger charge is 2.28. The van der Waals surface area contributed by atoms with Crippen LogP contribution in [0.3, 0.4) is 0 Å². The third-order valence-electron chi connectivity index (χ3n) is 9.86. The van der Waals surface area contributed by atoms with Crippen molar-refractivity contribution < 1.29 is 0 Å². The van der Waals surface area contributed by atoms with E-state index in [1.165, 1.54) is 78.5 Å². The first kappa shape index (κ1) is 25.7. The molecule has 1 unspecified atom stereocenters. The average molecular weight is 636 g/mol. The van der Waals surface area contributed by atoms with Crippen molar-refractivity contribution in [1.82, 2.24) is 9.88 Å². The molecule has 0 radical (unpaired) electrons. The van der Waals surface area contributed by atoms with Gasteiger partial charge in [-0.15, -0.1) is 22.7 Å². The number of fused-ring (bicyclic) bond motifs is 13. The Labute approximate surface area is 277 Å². The quantitative estimate of drug-likeness (QED) is 0.191. The molecule has 0 aliphatic carbocycles. The van der Waals surface area contributed by atoms with Crippen molar-refractivity contribution in [2.75, 3.05) is 0 Å². The molecule has 10 aromatic rings. The van der Waals surface area contributed by atoms with Gasteiger partial charge in [0.05, 0.1) is 27.5 Å². The fourth-order valence-corrected chi connectivity index (χ4v) is 10.2. The number of hydrogen-bond donors (Lipinski definition) is 1. The van der Waals surface area contributed by atoms with Crippen LogP contribution in [0.5, 0.6) is 0 Å². The summed E-state index contributed by atoms with van der Waals surface area (Å²) in [6, 6.07) is 50.9. The lowest BCUT2D eigenvalue weighted by molar-refractivity contribution is 0.732. The van der Waals surface area contributed by atoms with Gasteiger partial charge in [0.1, 0.15) is 0 Å². The van der Waals surface area contributed by atoms with E-state index in [9.17, 15) is 0 Å². The van der Waals surface area contributed by atoms with Crippen LogP contribution in [-0.2, 0) is 0 Å². The van der Waals surface area contributed by atoms with E-state index in [1.807, 2.05) is 22.7 Å². The lowest BCUT2D eigenvalue weighted by Crippen LogP contribution is -2.36. The minimum atomic E-state index is -0.0590. The molecule has 1 aliphatic heterocycles. The van der Waals surface area contributed by atoms with Gasteiger partial charge in [-0.2, -0.15) is 0 Å². The standard InChI is InChI=1S/C42H25N3S2/c1-2-10-26-24(9-1)17-19-31-33-23-25(18-22-37(33)46-40(26)31)38-32-13-3-6-14-34(32)43-42(44-38)45-35-15-7-4-11-27(35)29-20-21-30-28-12-5-8-16-36(28)47-41(30)39(29)45/h1-23,38H,(H,43,44). The second-order valence-electron chi connectivity index (χ2n) is 12.4. The Balaban J connectivity index is 1.15. The average Bonchev–Trinajstić information content (AvgIpc) is 3.80. The Morgan fingerprint density at radius 2 is 1.23 bits per heavy atom. The first-order chi connectivity index (χ1) is 23.3. The number of rotatable bonds is 1. The first-order valence-corrected chi connectivity index (χ1v) is 17.6. The monoisotopic (exact) mass is 635 g/mol. The lowest BCUT2D eigenvalue weighted by Gasteiger charge is -2.28. The van der Waals surface area contributed by atoms with E-state index in [0.29, 0.717) is 0 Å². The van der Waals surface area contributed by atoms with Gasteiger partial charge >= 0.3 is 0 Å². The van der Waals surface area contributed by atoms with Gasteiger partial charge in [0.15, 0.2) is 0 Å². The molecule has 5 heteroatoms. The summed E-state index contributed by atoms with van der Waals surface area (Å²) in [4.78, 5) is 5.34. The Hall–Kier alpha value is -5.49. The molecule has 0 amide bonds. The maximum Gasteiger partial charge on any atom is 0.209 e. The van der Waals surface area contributed by atoms with Crippen LogP contribution in [0.4, 0.5) is 5.69 Å². The molecule has 0 spiro atoms. The van der Waals surface area contributed by atoms with E-state index in [2.05, 4.69) is 149 Å². The molecule has 7 aromatic carbocycles. The van der Waals surface area contributed by atoms with Crippen molar-refractivity contribution in [3.63, 3.8) is 0 Å². The molecule has 0 fully saturated rings. The molecule has 0 saturated carbocycles. The highest BCUT2D eigenvalue weighted by atomic mass is 32.1. The maximum absolute atomic E-state index is 5.34. The van der Waals surface area contributed by atoms with Gasteiger partial charge in [-0.1, -0.05) is 109 Å². The third-order valence-corrected chi connectivity index (χ3v) is 12.3. The van der Waals surface area contributed by atoms with Crippen molar-refractivity contribution in [2.45, 2.75) is 6.04 Å². The normalized spacial score (nSPS) is 14.9. The lowest BCUT2D eigenvalue weighted by atomic mass is 9.94. The van der Waals surface area contributed by atoms with Crippen molar-refractivity contribution in [2.24, 2.45) is 4.99 Å².